The molecule has 1 aromatic carbocycles. The van der Waals surface area contributed by atoms with E-state index < -0.39 is 0 Å². The molecule has 0 aliphatic rings. The zero-order chi connectivity index (χ0) is 9.68. The predicted molar refractivity (Wildman–Crippen MR) is 58.8 cm³/mol. The van der Waals surface area contributed by atoms with Crippen molar-refractivity contribution < 1.29 is 0 Å². The van der Waals surface area contributed by atoms with Crippen molar-refractivity contribution in [3.05, 3.63) is 40.4 Å². The molecule has 0 aliphatic carbocycles. The van der Waals surface area contributed by atoms with Crippen LogP contribution in [0.5, 0.6) is 0 Å². The van der Waals surface area contributed by atoms with Gasteiger partial charge in [0.05, 0.1) is 6.07 Å². The first-order valence-electron chi connectivity index (χ1n) is 3.68. The fourth-order valence-corrected chi connectivity index (χ4v) is 1.38. The van der Waals surface area contributed by atoms with Gasteiger partial charge in [-0.05, 0) is 23.8 Å². The van der Waals surface area contributed by atoms with E-state index in [-0.39, 0.29) is 0 Å². The van der Waals surface area contributed by atoms with Crippen LogP contribution < -0.4 is 0 Å². The quantitative estimate of drug-likeness (QED) is 0.585. The smallest absolute Gasteiger partial charge is 0.0956 e. The van der Waals surface area contributed by atoms with E-state index in [0.29, 0.717) is 15.9 Å². The highest BCUT2D eigenvalue weighted by Gasteiger charge is 1.94. The average molecular weight is 257 g/mol. The molecule has 1 aromatic rings. The maximum atomic E-state index is 8.68. The van der Waals surface area contributed by atoms with Crippen molar-refractivity contribution in [3.8, 4) is 6.07 Å². The Labute approximate surface area is 90.8 Å². The predicted octanol–water partition coefficient (Wildman–Crippen LogP) is 3.64. The van der Waals surface area contributed by atoms with E-state index in [9.17, 15) is 0 Å². The number of rotatable bonds is 2. The van der Waals surface area contributed by atoms with Crippen molar-refractivity contribution in [3.63, 3.8) is 0 Å². The summed E-state index contributed by atoms with van der Waals surface area (Å²) in [5.41, 5.74) is 1.63. The summed E-state index contributed by atoms with van der Waals surface area (Å²) in [4.78, 5) is 0. The molecule has 0 saturated heterocycles. The molecule has 3 heteroatoms. The van der Waals surface area contributed by atoms with E-state index in [1.807, 2.05) is 18.2 Å². The van der Waals surface area contributed by atoms with Crippen LogP contribution in [0.25, 0.3) is 6.08 Å². The third-order valence-corrected chi connectivity index (χ3v) is 2.32. The van der Waals surface area contributed by atoms with Gasteiger partial charge < -0.3 is 0 Å². The molecule has 1 nitrogen and oxygen atoms in total. The molecule has 0 N–H and O–H groups in total. The molecule has 0 aliphatic heterocycles. The van der Waals surface area contributed by atoms with E-state index in [2.05, 4.69) is 22.0 Å². The standard InChI is InChI=1S/C10H7BrClN/c11-6-9(7-13)4-8-2-1-3-10(12)5-8/h1-5H,6H2/b9-4-. The Morgan fingerprint density at radius 1 is 1.62 bits per heavy atom. The molecule has 0 fully saturated rings. The molecule has 0 saturated carbocycles. The van der Waals surface area contributed by atoms with Crippen molar-refractivity contribution in [2.45, 2.75) is 0 Å². The van der Waals surface area contributed by atoms with Gasteiger partial charge in [-0.15, -0.1) is 0 Å². The molecule has 13 heavy (non-hydrogen) atoms. The van der Waals surface area contributed by atoms with Gasteiger partial charge in [0.25, 0.3) is 0 Å². The molecule has 1 rings (SSSR count). The first-order valence-corrected chi connectivity index (χ1v) is 5.18. The highest BCUT2D eigenvalue weighted by Crippen LogP contribution is 2.14. The SMILES string of the molecule is N#C/C(=C\c1cccc(Cl)c1)CBr. The summed E-state index contributed by atoms with van der Waals surface area (Å²) in [6.45, 7) is 0. The highest BCUT2D eigenvalue weighted by molar-refractivity contribution is 9.09. The minimum atomic E-state index is 0.565. The van der Waals surface area contributed by atoms with Gasteiger partial charge in [-0.25, -0.2) is 0 Å². The fraction of sp³-hybridized carbons (Fsp3) is 0.100. The molecular weight excluding hydrogens is 249 g/mol. The van der Waals surface area contributed by atoms with Crippen molar-refractivity contribution in [1.82, 2.24) is 0 Å². The maximum absolute atomic E-state index is 8.68. The summed E-state index contributed by atoms with van der Waals surface area (Å²) in [7, 11) is 0. The number of hydrogen-bond acceptors (Lipinski definition) is 1. The second kappa shape index (κ2) is 5.06. The summed E-state index contributed by atoms with van der Waals surface area (Å²) in [5, 5.41) is 9.92. The van der Waals surface area contributed by atoms with Gasteiger partial charge in [0.1, 0.15) is 0 Å². The number of nitrogens with zero attached hydrogens (tertiary/aromatic N) is 1. The van der Waals surface area contributed by atoms with E-state index >= 15 is 0 Å². The van der Waals surface area contributed by atoms with Crippen LogP contribution in [0.3, 0.4) is 0 Å². The Morgan fingerprint density at radius 2 is 2.38 bits per heavy atom. The van der Waals surface area contributed by atoms with Crippen LogP contribution in [0, 0.1) is 11.3 Å². The van der Waals surface area contributed by atoms with Crippen LogP contribution in [-0.4, -0.2) is 5.33 Å². The lowest BCUT2D eigenvalue weighted by Crippen LogP contribution is -1.79. The monoisotopic (exact) mass is 255 g/mol. The Balaban J connectivity index is 2.97. The third kappa shape index (κ3) is 3.22. The number of allylic oxidation sites excluding steroid dienone is 1. The lowest BCUT2D eigenvalue weighted by Gasteiger charge is -1.95. The number of hydrogen-bond donors (Lipinski definition) is 0. The Morgan fingerprint density at radius 3 is 2.92 bits per heavy atom. The van der Waals surface area contributed by atoms with Crippen LogP contribution >= 0.6 is 27.5 Å². The zero-order valence-electron chi connectivity index (χ0n) is 6.80. The van der Waals surface area contributed by atoms with Crippen molar-refractivity contribution >= 4 is 33.6 Å². The first kappa shape index (κ1) is 10.3. The maximum Gasteiger partial charge on any atom is 0.0956 e. The molecule has 0 aromatic heterocycles. The van der Waals surface area contributed by atoms with Crippen LogP contribution in [0.4, 0.5) is 0 Å². The van der Waals surface area contributed by atoms with E-state index in [4.69, 9.17) is 16.9 Å². The molecule has 0 amide bonds. The second-order valence-corrected chi connectivity index (χ2v) is 3.47. The number of alkyl halides is 1. The van der Waals surface area contributed by atoms with Crippen molar-refractivity contribution in [1.29, 1.82) is 5.26 Å². The lowest BCUT2D eigenvalue weighted by molar-refractivity contribution is 1.47. The Bertz CT molecular complexity index is 365. The minimum absolute atomic E-state index is 0.565. The van der Waals surface area contributed by atoms with Crippen molar-refractivity contribution in [2.75, 3.05) is 5.33 Å². The van der Waals surface area contributed by atoms with Crippen molar-refractivity contribution in [2.24, 2.45) is 0 Å². The summed E-state index contributed by atoms with van der Waals surface area (Å²) in [6.07, 6.45) is 1.81. The largest absolute Gasteiger partial charge is 0.193 e. The van der Waals surface area contributed by atoms with Gasteiger partial charge >= 0.3 is 0 Å². The minimum Gasteiger partial charge on any atom is -0.193 e. The van der Waals surface area contributed by atoms with Gasteiger partial charge in [-0.2, -0.15) is 5.26 Å². The van der Waals surface area contributed by atoms with Gasteiger partial charge in [0.2, 0.25) is 0 Å². The van der Waals surface area contributed by atoms with E-state index in [1.165, 1.54) is 0 Å². The van der Waals surface area contributed by atoms with Gasteiger partial charge in [-0.1, -0.05) is 39.7 Å². The highest BCUT2D eigenvalue weighted by atomic mass is 79.9. The molecule has 0 bridgehead atoms. The van der Waals surface area contributed by atoms with Gasteiger partial charge in [0.15, 0.2) is 0 Å². The topological polar surface area (TPSA) is 23.8 Å². The molecule has 0 heterocycles. The van der Waals surface area contributed by atoms with Crippen LogP contribution in [0.15, 0.2) is 29.8 Å². The van der Waals surface area contributed by atoms with E-state index in [0.717, 1.165) is 5.56 Å². The summed E-state index contributed by atoms with van der Waals surface area (Å²) >= 11 is 9.02. The van der Waals surface area contributed by atoms with Crippen LogP contribution in [-0.2, 0) is 0 Å². The Hall–Kier alpha value is -0.780. The Kier molecular flexibility index (Phi) is 4.01. The number of benzene rings is 1. The molecule has 0 atom stereocenters. The summed E-state index contributed by atoms with van der Waals surface area (Å²) in [5.74, 6) is 0. The lowest BCUT2D eigenvalue weighted by atomic mass is 10.1. The molecule has 0 spiro atoms. The normalized spacial score (nSPS) is 11.0. The van der Waals surface area contributed by atoms with Gasteiger partial charge in [-0.3, -0.25) is 0 Å². The summed E-state index contributed by atoms with van der Waals surface area (Å²) < 4.78 is 0. The molecule has 0 unspecified atom stereocenters. The van der Waals surface area contributed by atoms with Gasteiger partial charge in [0, 0.05) is 15.9 Å². The third-order valence-electron chi connectivity index (χ3n) is 1.48. The molecular formula is C10H7BrClN. The number of halogens is 2. The van der Waals surface area contributed by atoms with Crippen LogP contribution in [0.2, 0.25) is 5.02 Å². The van der Waals surface area contributed by atoms with E-state index in [1.54, 1.807) is 12.1 Å². The second-order valence-electron chi connectivity index (χ2n) is 2.47. The zero-order valence-corrected chi connectivity index (χ0v) is 9.14. The average Bonchev–Trinajstić information content (AvgIpc) is 2.14. The molecule has 66 valence electrons. The molecule has 0 radical (unpaired) electrons. The van der Waals surface area contributed by atoms with Crippen LogP contribution in [0.1, 0.15) is 5.56 Å². The fourth-order valence-electron chi connectivity index (χ4n) is 0.898. The summed E-state index contributed by atoms with van der Waals surface area (Å²) in [6, 6.07) is 9.48. The first-order chi connectivity index (χ1) is 6.26. The number of nitriles is 1.